The Morgan fingerprint density at radius 1 is 1.08 bits per heavy atom. The molecule has 0 aliphatic rings. The van der Waals surface area contributed by atoms with Crippen LogP contribution in [0.25, 0.3) is 4.83 Å². The molecule has 0 aromatic carbocycles. The number of thiazole rings is 1. The van der Waals surface area contributed by atoms with Crippen molar-refractivity contribution in [1.82, 2.24) is 9.38 Å². The molecule has 2 heterocycles. The number of rotatable bonds is 12. The molecule has 0 bridgehead atoms. The van der Waals surface area contributed by atoms with Crippen LogP contribution in [0.5, 0.6) is 0 Å². The summed E-state index contributed by atoms with van der Waals surface area (Å²) in [6.45, 7) is 9.24. The summed E-state index contributed by atoms with van der Waals surface area (Å²) in [7, 11) is 0. The van der Waals surface area contributed by atoms with Gasteiger partial charge < -0.3 is 0 Å². The van der Waals surface area contributed by atoms with Crippen LogP contribution in [0.3, 0.4) is 0 Å². The summed E-state index contributed by atoms with van der Waals surface area (Å²) in [4.78, 5) is 6.19. The van der Waals surface area contributed by atoms with Gasteiger partial charge in [0.05, 0.1) is 0 Å². The molecule has 140 valence electrons. The van der Waals surface area contributed by atoms with E-state index in [4.69, 9.17) is 4.98 Å². The fourth-order valence-electron chi connectivity index (χ4n) is 3.64. The van der Waals surface area contributed by atoms with Crippen LogP contribution in [0.2, 0.25) is 3.43 Å². The summed E-state index contributed by atoms with van der Waals surface area (Å²) in [5.41, 5.74) is 0. The number of unbranched alkanes of at least 4 members (excludes halogenated alkanes) is 3. The first-order chi connectivity index (χ1) is 12.1. The molecule has 0 N–H and O–H groups in total. The van der Waals surface area contributed by atoms with Gasteiger partial charge in [0.15, 0.2) is 0 Å². The van der Waals surface area contributed by atoms with E-state index >= 15 is 0 Å². The Balaban J connectivity index is 2.34. The molecule has 5 heteroatoms. The first-order valence-electron chi connectivity index (χ1n) is 9.89. The number of nitrogens with zero attached hydrogens (tertiary/aromatic N) is 2. The van der Waals surface area contributed by atoms with Crippen molar-refractivity contribution < 1.29 is 0 Å². The van der Waals surface area contributed by atoms with Crippen molar-refractivity contribution in [3.8, 4) is 0 Å². The second-order valence-electron chi connectivity index (χ2n) is 7.15. The molecule has 0 saturated heterocycles. The molecule has 0 atom stereocenters. The Hall–Kier alpha value is 0.319. The van der Waals surface area contributed by atoms with Crippen molar-refractivity contribution in [3.05, 3.63) is 11.2 Å². The van der Waals surface area contributed by atoms with Crippen molar-refractivity contribution in [3.63, 3.8) is 0 Å². The van der Waals surface area contributed by atoms with Crippen LogP contribution in [-0.2, 0) is 0 Å². The van der Waals surface area contributed by atoms with Crippen molar-refractivity contribution in [1.29, 1.82) is 0 Å². The van der Waals surface area contributed by atoms with Crippen LogP contribution in [0.4, 0.5) is 0 Å². The van der Waals surface area contributed by atoms with Gasteiger partial charge in [-0.25, -0.2) is 0 Å². The Morgan fingerprint density at radius 2 is 1.64 bits per heavy atom. The van der Waals surface area contributed by atoms with E-state index < -0.39 is 21.1 Å². The van der Waals surface area contributed by atoms with Crippen molar-refractivity contribution in [2.75, 3.05) is 6.26 Å². The SMILES string of the molecule is CCCC[C](CCCC)(CCCC)[Sn][c]1csc2c(SC)nc(C)n12. The minimum atomic E-state index is -0.685. The molecule has 0 unspecified atom stereocenters. The first-order valence-corrected chi connectivity index (χ1v) is 14.8. The molecular formula is C20H34N2S2Sn. The molecule has 2 aromatic rings. The van der Waals surface area contributed by atoms with E-state index in [1.54, 1.807) is 15.5 Å². The molecule has 0 aliphatic heterocycles. The number of aromatic nitrogens is 2. The maximum absolute atomic E-state index is 4.81. The van der Waals surface area contributed by atoms with Crippen molar-refractivity contribution in [2.24, 2.45) is 0 Å². The number of hydrogen-bond acceptors (Lipinski definition) is 3. The van der Waals surface area contributed by atoms with Crippen molar-refractivity contribution >= 4 is 52.8 Å². The van der Waals surface area contributed by atoms with Gasteiger partial charge in [-0.15, -0.1) is 0 Å². The summed E-state index contributed by atoms with van der Waals surface area (Å²) in [5, 5.41) is 3.70. The van der Waals surface area contributed by atoms with E-state index in [1.165, 1.54) is 73.5 Å². The van der Waals surface area contributed by atoms with Gasteiger partial charge in [-0.2, -0.15) is 0 Å². The van der Waals surface area contributed by atoms with Crippen LogP contribution >= 0.6 is 23.1 Å². The number of fused-ring (bicyclic) bond motifs is 1. The van der Waals surface area contributed by atoms with Crippen LogP contribution in [-0.4, -0.2) is 36.8 Å². The minimum absolute atomic E-state index is 0.648. The van der Waals surface area contributed by atoms with E-state index in [9.17, 15) is 0 Å². The molecule has 2 radical (unpaired) electrons. The third kappa shape index (κ3) is 5.41. The summed E-state index contributed by atoms with van der Waals surface area (Å²) < 4.78 is 4.83. The van der Waals surface area contributed by atoms with Gasteiger partial charge in [-0.1, -0.05) is 0 Å². The van der Waals surface area contributed by atoms with Gasteiger partial charge in [-0.3, -0.25) is 0 Å². The molecular weight excluding hydrogens is 451 g/mol. The molecule has 2 nitrogen and oxygen atoms in total. The number of imidazole rings is 1. The summed E-state index contributed by atoms with van der Waals surface area (Å²) in [5.74, 6) is 1.20. The second kappa shape index (κ2) is 10.6. The Bertz CT molecular complexity index is 626. The van der Waals surface area contributed by atoms with Crippen LogP contribution in [0.15, 0.2) is 10.4 Å². The predicted molar refractivity (Wildman–Crippen MR) is 116 cm³/mol. The average molecular weight is 485 g/mol. The normalized spacial score (nSPS) is 12.4. The van der Waals surface area contributed by atoms with Gasteiger partial charge in [0.25, 0.3) is 0 Å². The van der Waals surface area contributed by atoms with Gasteiger partial charge in [-0.05, 0) is 0 Å². The Kier molecular flexibility index (Phi) is 9.17. The topological polar surface area (TPSA) is 17.3 Å². The summed E-state index contributed by atoms with van der Waals surface area (Å²) in [6, 6.07) is 0. The van der Waals surface area contributed by atoms with Crippen LogP contribution < -0.4 is 3.71 Å². The van der Waals surface area contributed by atoms with E-state index in [1.807, 2.05) is 11.3 Å². The van der Waals surface area contributed by atoms with E-state index in [0.29, 0.717) is 3.43 Å². The molecule has 0 aliphatic carbocycles. The molecule has 0 saturated carbocycles. The molecule has 0 fully saturated rings. The fourth-order valence-corrected chi connectivity index (χ4v) is 11.9. The van der Waals surface area contributed by atoms with Crippen LogP contribution in [0.1, 0.15) is 84.4 Å². The molecule has 2 rings (SSSR count). The van der Waals surface area contributed by atoms with Crippen molar-refractivity contribution in [2.45, 2.75) is 93.9 Å². The Morgan fingerprint density at radius 3 is 2.12 bits per heavy atom. The number of aryl methyl sites for hydroxylation is 1. The van der Waals surface area contributed by atoms with E-state index in [2.05, 4.69) is 43.7 Å². The number of thioether (sulfide) groups is 1. The third-order valence-electron chi connectivity index (χ3n) is 5.11. The van der Waals surface area contributed by atoms with Gasteiger partial charge in [0.2, 0.25) is 0 Å². The Labute approximate surface area is 172 Å². The van der Waals surface area contributed by atoms with Gasteiger partial charge in [0, 0.05) is 0 Å². The third-order valence-corrected chi connectivity index (χ3v) is 12.9. The van der Waals surface area contributed by atoms with Gasteiger partial charge in [0.1, 0.15) is 0 Å². The zero-order valence-corrected chi connectivity index (χ0v) is 21.1. The van der Waals surface area contributed by atoms with Gasteiger partial charge >= 0.3 is 174 Å². The second-order valence-corrected chi connectivity index (χ2v) is 14.0. The first kappa shape index (κ1) is 21.6. The molecule has 2 aromatic heterocycles. The quantitative estimate of drug-likeness (QED) is 0.253. The molecule has 25 heavy (non-hydrogen) atoms. The predicted octanol–water partition coefficient (Wildman–Crippen LogP) is 6.48. The van der Waals surface area contributed by atoms with Crippen LogP contribution in [0, 0.1) is 6.92 Å². The monoisotopic (exact) mass is 486 g/mol. The zero-order chi connectivity index (χ0) is 18.3. The fraction of sp³-hybridized carbons (Fsp3) is 0.750. The van der Waals surface area contributed by atoms with E-state index in [-0.39, 0.29) is 0 Å². The summed E-state index contributed by atoms with van der Waals surface area (Å²) in [6.07, 6.45) is 14.7. The summed E-state index contributed by atoms with van der Waals surface area (Å²) >= 11 is 3.02. The zero-order valence-electron chi connectivity index (χ0n) is 16.7. The standard InChI is InChI=1S/C13H27.C7H7N2S2.Sn/c1-4-7-10-13(11-8-5-2)12-9-6-3;1-5-8-6(10-2)7-9(5)3-4-11-7;/h4-12H2,1-3H3;4H,1-2H3;. The molecule has 0 amide bonds. The maximum atomic E-state index is 4.81. The number of hydrogen-bond donors (Lipinski definition) is 0. The van der Waals surface area contributed by atoms with E-state index in [0.717, 1.165) is 0 Å². The average Bonchev–Trinajstić information content (AvgIpc) is 3.17. The molecule has 0 spiro atoms.